The minimum Gasteiger partial charge on any atom is -0.232 e. The van der Waals surface area contributed by atoms with Crippen LogP contribution in [0.2, 0.25) is 0 Å². The molecular formula is C11H8FO. The molecule has 65 valence electrons. The molecule has 0 fully saturated rings. The first-order chi connectivity index (χ1) is 6.31. The lowest BCUT2D eigenvalue weighted by molar-refractivity contribution is 0.177. The summed E-state index contributed by atoms with van der Waals surface area (Å²) in [6, 6.07) is 9.91. The Kier molecular flexibility index (Phi) is 1.99. The van der Waals surface area contributed by atoms with E-state index in [1.54, 1.807) is 30.3 Å². The van der Waals surface area contributed by atoms with Crippen LogP contribution in [-0.2, 0) is 11.7 Å². The molecule has 0 aromatic heterocycles. The Morgan fingerprint density at radius 1 is 1.15 bits per heavy atom. The maximum atomic E-state index is 13.1. The van der Waals surface area contributed by atoms with Gasteiger partial charge < -0.3 is 0 Å². The average molecular weight is 175 g/mol. The lowest BCUT2D eigenvalue weighted by Crippen LogP contribution is -1.83. The van der Waals surface area contributed by atoms with E-state index in [-0.39, 0.29) is 12.4 Å². The molecule has 2 aromatic carbocycles. The summed E-state index contributed by atoms with van der Waals surface area (Å²) in [7, 11) is 0. The SMILES string of the molecule is [O]Cc1ccc2c(F)cccc2c1. The van der Waals surface area contributed by atoms with E-state index in [4.69, 9.17) is 0 Å². The average Bonchev–Trinajstić information content (AvgIpc) is 2.18. The van der Waals surface area contributed by atoms with Crippen molar-refractivity contribution in [2.75, 3.05) is 0 Å². The topological polar surface area (TPSA) is 19.9 Å². The standard InChI is InChI=1S/C11H8FO/c12-11-3-1-2-9-6-8(7-13)4-5-10(9)11/h1-6H,7H2. The van der Waals surface area contributed by atoms with Crippen molar-refractivity contribution in [2.24, 2.45) is 0 Å². The van der Waals surface area contributed by atoms with Gasteiger partial charge >= 0.3 is 0 Å². The Balaban J connectivity index is 2.72. The molecule has 0 unspecified atom stereocenters. The fourth-order valence-electron chi connectivity index (χ4n) is 1.38. The van der Waals surface area contributed by atoms with Gasteiger partial charge in [0.25, 0.3) is 0 Å². The van der Waals surface area contributed by atoms with Gasteiger partial charge in [0, 0.05) is 5.39 Å². The third kappa shape index (κ3) is 1.40. The van der Waals surface area contributed by atoms with Crippen LogP contribution >= 0.6 is 0 Å². The Morgan fingerprint density at radius 3 is 2.77 bits per heavy atom. The lowest BCUT2D eigenvalue weighted by Gasteiger charge is -2.00. The maximum absolute atomic E-state index is 13.1. The van der Waals surface area contributed by atoms with Crippen LogP contribution in [0, 0.1) is 5.82 Å². The van der Waals surface area contributed by atoms with E-state index in [9.17, 15) is 9.50 Å². The van der Waals surface area contributed by atoms with E-state index in [1.165, 1.54) is 6.07 Å². The van der Waals surface area contributed by atoms with Gasteiger partial charge in [-0.05, 0) is 23.1 Å². The van der Waals surface area contributed by atoms with Crippen LogP contribution in [-0.4, -0.2) is 0 Å². The molecule has 2 heteroatoms. The van der Waals surface area contributed by atoms with Gasteiger partial charge in [-0.2, -0.15) is 0 Å². The van der Waals surface area contributed by atoms with Crippen molar-refractivity contribution in [2.45, 2.75) is 6.61 Å². The van der Waals surface area contributed by atoms with Gasteiger partial charge in [0.1, 0.15) is 12.4 Å². The van der Waals surface area contributed by atoms with E-state index in [0.717, 1.165) is 5.39 Å². The Morgan fingerprint density at radius 2 is 2.00 bits per heavy atom. The highest BCUT2D eigenvalue weighted by molar-refractivity contribution is 5.83. The lowest BCUT2D eigenvalue weighted by atomic mass is 10.1. The van der Waals surface area contributed by atoms with E-state index < -0.39 is 0 Å². The molecule has 0 aliphatic heterocycles. The third-order valence-electron chi connectivity index (χ3n) is 2.06. The molecule has 2 rings (SSSR count). The Hall–Kier alpha value is -1.41. The van der Waals surface area contributed by atoms with Gasteiger partial charge in [-0.3, -0.25) is 0 Å². The number of rotatable bonds is 1. The molecule has 13 heavy (non-hydrogen) atoms. The number of halogens is 1. The summed E-state index contributed by atoms with van der Waals surface area (Å²) < 4.78 is 13.1. The van der Waals surface area contributed by atoms with Crippen molar-refractivity contribution in [3.8, 4) is 0 Å². The zero-order chi connectivity index (χ0) is 9.26. The molecule has 0 N–H and O–H groups in total. The van der Waals surface area contributed by atoms with E-state index in [0.29, 0.717) is 10.9 Å². The molecule has 0 aliphatic carbocycles. The summed E-state index contributed by atoms with van der Waals surface area (Å²) in [4.78, 5) is 0. The minimum atomic E-state index is -0.257. The van der Waals surface area contributed by atoms with E-state index in [2.05, 4.69) is 0 Å². The molecule has 0 heterocycles. The van der Waals surface area contributed by atoms with Crippen LogP contribution in [0.15, 0.2) is 36.4 Å². The van der Waals surface area contributed by atoms with Gasteiger partial charge in [-0.1, -0.05) is 24.3 Å². The number of benzene rings is 2. The summed E-state index contributed by atoms with van der Waals surface area (Å²) in [5.41, 5.74) is 0.693. The van der Waals surface area contributed by atoms with E-state index >= 15 is 0 Å². The Labute approximate surface area is 75.4 Å². The molecule has 0 spiro atoms. The second-order valence-corrected chi connectivity index (χ2v) is 2.94. The van der Waals surface area contributed by atoms with Crippen molar-refractivity contribution in [1.29, 1.82) is 0 Å². The monoisotopic (exact) mass is 175 g/mol. The molecule has 1 nitrogen and oxygen atoms in total. The molecule has 2 aromatic rings. The highest BCUT2D eigenvalue weighted by Gasteiger charge is 1.99. The quantitative estimate of drug-likeness (QED) is 0.635. The van der Waals surface area contributed by atoms with Crippen molar-refractivity contribution < 1.29 is 9.50 Å². The summed E-state index contributed by atoms with van der Waals surface area (Å²) in [5, 5.41) is 11.9. The molecule has 0 saturated carbocycles. The van der Waals surface area contributed by atoms with Gasteiger partial charge in [-0.15, -0.1) is 0 Å². The predicted molar refractivity (Wildman–Crippen MR) is 48.3 cm³/mol. The third-order valence-corrected chi connectivity index (χ3v) is 2.06. The van der Waals surface area contributed by atoms with Gasteiger partial charge in [0.2, 0.25) is 0 Å². The number of hydrogen-bond donors (Lipinski definition) is 0. The molecule has 1 radical (unpaired) electrons. The fraction of sp³-hybridized carbons (Fsp3) is 0.0909. The number of hydrogen-bond acceptors (Lipinski definition) is 0. The fourth-order valence-corrected chi connectivity index (χ4v) is 1.38. The van der Waals surface area contributed by atoms with E-state index in [1.807, 2.05) is 0 Å². The molecule has 0 aliphatic rings. The summed E-state index contributed by atoms with van der Waals surface area (Å²) in [5.74, 6) is -0.241. The second-order valence-electron chi connectivity index (χ2n) is 2.94. The van der Waals surface area contributed by atoms with Crippen molar-refractivity contribution in [3.05, 3.63) is 47.8 Å². The summed E-state index contributed by atoms with van der Waals surface area (Å²) in [6.07, 6.45) is 0. The van der Waals surface area contributed by atoms with Crippen molar-refractivity contribution in [3.63, 3.8) is 0 Å². The van der Waals surface area contributed by atoms with Crippen LogP contribution in [0.3, 0.4) is 0 Å². The van der Waals surface area contributed by atoms with Crippen LogP contribution in [0.4, 0.5) is 4.39 Å². The second kappa shape index (κ2) is 3.15. The minimum absolute atomic E-state index is 0.241. The molecular weight excluding hydrogens is 167 g/mol. The highest BCUT2D eigenvalue weighted by Crippen LogP contribution is 2.18. The normalized spacial score (nSPS) is 10.6. The van der Waals surface area contributed by atoms with Crippen LogP contribution in [0.5, 0.6) is 0 Å². The summed E-state index contributed by atoms with van der Waals surface area (Å²) >= 11 is 0. The zero-order valence-corrected chi connectivity index (χ0v) is 6.96. The molecule has 0 saturated heterocycles. The molecule has 0 atom stereocenters. The number of fused-ring (bicyclic) bond motifs is 1. The van der Waals surface area contributed by atoms with Crippen LogP contribution in [0.1, 0.15) is 5.56 Å². The highest BCUT2D eigenvalue weighted by atomic mass is 19.1. The maximum Gasteiger partial charge on any atom is 0.131 e. The summed E-state index contributed by atoms with van der Waals surface area (Å²) in [6.45, 7) is -0.257. The first-order valence-corrected chi connectivity index (χ1v) is 4.06. The zero-order valence-electron chi connectivity index (χ0n) is 6.96. The van der Waals surface area contributed by atoms with Crippen LogP contribution in [0.25, 0.3) is 10.8 Å². The first-order valence-electron chi connectivity index (χ1n) is 4.06. The largest absolute Gasteiger partial charge is 0.232 e. The molecule has 0 bridgehead atoms. The van der Waals surface area contributed by atoms with Gasteiger partial charge in [0.15, 0.2) is 0 Å². The van der Waals surface area contributed by atoms with Gasteiger partial charge in [-0.25, -0.2) is 9.50 Å². The van der Waals surface area contributed by atoms with Crippen molar-refractivity contribution in [1.82, 2.24) is 0 Å². The van der Waals surface area contributed by atoms with Crippen LogP contribution < -0.4 is 0 Å². The van der Waals surface area contributed by atoms with Gasteiger partial charge in [0.05, 0.1) is 0 Å². The molecule has 0 amide bonds. The smallest absolute Gasteiger partial charge is 0.131 e. The van der Waals surface area contributed by atoms with Crippen molar-refractivity contribution >= 4 is 10.8 Å². The predicted octanol–water partition coefficient (Wildman–Crippen LogP) is 2.91. The Bertz CT molecular complexity index is 437. The first kappa shape index (κ1) is 8.20.